The number of hydrogen-bond acceptors (Lipinski definition) is 5. The Labute approximate surface area is 76.9 Å². The molecule has 0 bridgehead atoms. The number of rotatable bonds is 3. The number of hydrogen-bond donors (Lipinski definition) is 3. The number of ether oxygens (including phenoxy) is 2. The van der Waals surface area contributed by atoms with Gasteiger partial charge in [-0.3, -0.25) is 0 Å². The highest BCUT2D eigenvalue weighted by Gasteiger charge is 2.52. The van der Waals surface area contributed by atoms with Crippen LogP contribution in [0, 0.1) is 0 Å². The quantitative estimate of drug-likeness (QED) is 0.526. The van der Waals surface area contributed by atoms with E-state index >= 15 is 0 Å². The van der Waals surface area contributed by atoms with E-state index in [9.17, 15) is 10.2 Å². The molecule has 1 aliphatic heterocycles. The Morgan fingerprint density at radius 3 is 2.54 bits per heavy atom. The van der Waals surface area contributed by atoms with E-state index in [1.54, 1.807) is 6.92 Å². The smallest absolute Gasteiger partial charge is 0.189 e. The van der Waals surface area contributed by atoms with Gasteiger partial charge < -0.3 is 24.8 Å². The average molecular weight is 192 g/mol. The monoisotopic (exact) mass is 192 g/mol. The van der Waals surface area contributed by atoms with Gasteiger partial charge in [-0.25, -0.2) is 0 Å². The maximum Gasteiger partial charge on any atom is 0.189 e. The second-order valence-electron chi connectivity index (χ2n) is 3.32. The lowest BCUT2D eigenvalue weighted by Gasteiger charge is -2.25. The molecule has 1 saturated heterocycles. The predicted octanol–water partition coefficient (Wildman–Crippen LogP) is -1.15. The first-order valence-corrected chi connectivity index (χ1v) is 4.32. The number of aliphatic hydroxyl groups excluding tert-OH is 2. The lowest BCUT2D eigenvalue weighted by atomic mass is 9.98. The summed E-state index contributed by atoms with van der Waals surface area (Å²) in [6.45, 7) is 3.23. The van der Waals surface area contributed by atoms with Gasteiger partial charge in [0.25, 0.3) is 0 Å². The van der Waals surface area contributed by atoms with Gasteiger partial charge >= 0.3 is 0 Å². The molecule has 4 atom stereocenters. The fraction of sp³-hybridized carbons (Fsp3) is 1.00. The van der Waals surface area contributed by atoms with Crippen molar-refractivity contribution in [2.45, 2.75) is 37.9 Å². The average Bonchev–Trinajstić information content (AvgIpc) is 2.29. The van der Waals surface area contributed by atoms with Crippen LogP contribution < -0.4 is 0 Å². The summed E-state index contributed by atoms with van der Waals surface area (Å²) in [5, 5.41) is 28.0. The van der Waals surface area contributed by atoms with E-state index in [0.717, 1.165) is 0 Å². The van der Waals surface area contributed by atoms with E-state index in [1.165, 1.54) is 6.92 Å². The zero-order valence-corrected chi connectivity index (χ0v) is 7.80. The van der Waals surface area contributed by atoms with Crippen LogP contribution >= 0.6 is 0 Å². The van der Waals surface area contributed by atoms with Crippen molar-refractivity contribution in [1.82, 2.24) is 0 Å². The van der Waals surface area contributed by atoms with Crippen LogP contribution in [-0.4, -0.2) is 52.6 Å². The third-order valence-corrected chi connectivity index (χ3v) is 2.22. The lowest BCUT2D eigenvalue weighted by Crippen LogP contribution is -2.46. The van der Waals surface area contributed by atoms with Crippen molar-refractivity contribution in [2.24, 2.45) is 0 Å². The van der Waals surface area contributed by atoms with Gasteiger partial charge in [-0.2, -0.15) is 0 Å². The van der Waals surface area contributed by atoms with Crippen LogP contribution in [0.25, 0.3) is 0 Å². The minimum Gasteiger partial charge on any atom is -0.394 e. The zero-order valence-electron chi connectivity index (χ0n) is 7.80. The molecule has 5 heteroatoms. The molecule has 78 valence electrons. The van der Waals surface area contributed by atoms with Crippen LogP contribution in [0.2, 0.25) is 0 Å². The fourth-order valence-electron chi connectivity index (χ4n) is 1.39. The zero-order chi connectivity index (χ0) is 10.1. The molecule has 1 unspecified atom stereocenters. The molecule has 0 saturated carbocycles. The molecule has 1 fully saturated rings. The lowest BCUT2D eigenvalue weighted by molar-refractivity contribution is -0.198. The molecule has 5 nitrogen and oxygen atoms in total. The molecule has 13 heavy (non-hydrogen) atoms. The van der Waals surface area contributed by atoms with Gasteiger partial charge in [-0.15, -0.1) is 0 Å². The topological polar surface area (TPSA) is 79.2 Å². The first-order chi connectivity index (χ1) is 6.04. The summed E-state index contributed by atoms with van der Waals surface area (Å²) in [6, 6.07) is 0. The molecule has 3 N–H and O–H groups in total. The highest BCUT2D eigenvalue weighted by atomic mass is 16.7. The molecule has 0 aromatic heterocycles. The van der Waals surface area contributed by atoms with Crippen molar-refractivity contribution in [3.8, 4) is 0 Å². The Morgan fingerprint density at radius 2 is 2.15 bits per heavy atom. The first-order valence-electron chi connectivity index (χ1n) is 4.32. The van der Waals surface area contributed by atoms with E-state index in [1.807, 2.05) is 0 Å². The Kier molecular flexibility index (Phi) is 3.26. The van der Waals surface area contributed by atoms with Gasteiger partial charge in [0.15, 0.2) is 6.29 Å². The van der Waals surface area contributed by atoms with Gasteiger partial charge in [-0.1, -0.05) is 0 Å². The first kappa shape index (κ1) is 10.9. The molecular formula is C8H16O5. The highest BCUT2D eigenvalue weighted by Crippen LogP contribution is 2.31. The van der Waals surface area contributed by atoms with Crippen molar-refractivity contribution in [3.05, 3.63) is 0 Å². The molecule has 1 rings (SSSR count). The number of aliphatic hydroxyl groups is 3. The minimum absolute atomic E-state index is 0.332. The Hall–Kier alpha value is -0.200. The maximum atomic E-state index is 9.74. The molecule has 0 aliphatic carbocycles. The maximum absolute atomic E-state index is 9.74. The van der Waals surface area contributed by atoms with E-state index in [2.05, 4.69) is 0 Å². The van der Waals surface area contributed by atoms with Gasteiger partial charge in [-0.05, 0) is 13.8 Å². The van der Waals surface area contributed by atoms with Crippen LogP contribution in [0.15, 0.2) is 0 Å². The van der Waals surface area contributed by atoms with Crippen LogP contribution in [0.5, 0.6) is 0 Å². The molecular weight excluding hydrogens is 176 g/mol. The van der Waals surface area contributed by atoms with Crippen molar-refractivity contribution < 1.29 is 24.8 Å². The van der Waals surface area contributed by atoms with E-state index in [-0.39, 0.29) is 6.61 Å². The summed E-state index contributed by atoms with van der Waals surface area (Å²) in [5.74, 6) is 0. The van der Waals surface area contributed by atoms with Crippen molar-refractivity contribution in [2.75, 3.05) is 13.2 Å². The van der Waals surface area contributed by atoms with Gasteiger partial charge in [0, 0.05) is 6.61 Å². The summed E-state index contributed by atoms with van der Waals surface area (Å²) in [5.41, 5.74) is -1.45. The normalized spacial score (nSPS) is 45.5. The summed E-state index contributed by atoms with van der Waals surface area (Å²) in [4.78, 5) is 0. The predicted molar refractivity (Wildman–Crippen MR) is 44.0 cm³/mol. The summed E-state index contributed by atoms with van der Waals surface area (Å²) in [7, 11) is 0. The Bertz CT molecular complexity index is 170. The van der Waals surface area contributed by atoms with Crippen LogP contribution in [0.3, 0.4) is 0 Å². The Morgan fingerprint density at radius 1 is 1.54 bits per heavy atom. The van der Waals surface area contributed by atoms with Crippen molar-refractivity contribution in [1.29, 1.82) is 0 Å². The molecule has 0 aromatic carbocycles. The Balaban J connectivity index is 2.68. The largest absolute Gasteiger partial charge is 0.394 e. The minimum atomic E-state index is -1.45. The van der Waals surface area contributed by atoms with E-state index < -0.39 is 24.1 Å². The van der Waals surface area contributed by atoms with E-state index in [4.69, 9.17) is 14.6 Å². The molecule has 1 aliphatic rings. The molecule has 1 heterocycles. The second kappa shape index (κ2) is 3.89. The molecule has 0 amide bonds. The SMILES string of the molecule is CCOC1O[C@@H](CO)[C@@H](O)[C@@]1(C)O. The third-order valence-electron chi connectivity index (χ3n) is 2.22. The summed E-state index contributed by atoms with van der Waals surface area (Å²) in [6.07, 6.45) is -2.76. The highest BCUT2D eigenvalue weighted by molar-refractivity contribution is 4.96. The van der Waals surface area contributed by atoms with E-state index in [0.29, 0.717) is 6.61 Å². The van der Waals surface area contributed by atoms with Gasteiger partial charge in [0.2, 0.25) is 0 Å². The van der Waals surface area contributed by atoms with Crippen molar-refractivity contribution >= 4 is 0 Å². The van der Waals surface area contributed by atoms with Gasteiger partial charge in [0.1, 0.15) is 17.8 Å². The molecule has 0 spiro atoms. The standard InChI is InChI=1S/C8H16O5/c1-3-12-7-8(2,11)6(10)5(4-9)13-7/h5-7,9-11H,3-4H2,1-2H3/t5-,6+,7?,8+/m0/s1. The van der Waals surface area contributed by atoms with Crippen LogP contribution in [0.1, 0.15) is 13.8 Å². The van der Waals surface area contributed by atoms with Crippen LogP contribution in [-0.2, 0) is 9.47 Å². The summed E-state index contributed by atoms with van der Waals surface area (Å²) < 4.78 is 10.2. The van der Waals surface area contributed by atoms with Crippen LogP contribution in [0.4, 0.5) is 0 Å². The van der Waals surface area contributed by atoms with Gasteiger partial charge in [0.05, 0.1) is 6.61 Å². The molecule has 0 radical (unpaired) electrons. The third kappa shape index (κ3) is 1.84. The second-order valence-corrected chi connectivity index (χ2v) is 3.32. The summed E-state index contributed by atoms with van der Waals surface area (Å²) >= 11 is 0. The van der Waals surface area contributed by atoms with Crippen molar-refractivity contribution in [3.63, 3.8) is 0 Å². The fourth-order valence-corrected chi connectivity index (χ4v) is 1.39. The molecule has 0 aromatic rings.